The Balaban J connectivity index is 1.29. The average molecular weight is 431 g/mol. The van der Waals surface area contributed by atoms with Gasteiger partial charge in [-0.3, -0.25) is 9.59 Å². The van der Waals surface area contributed by atoms with Gasteiger partial charge in [0, 0.05) is 31.7 Å². The van der Waals surface area contributed by atoms with Gasteiger partial charge in [0.15, 0.2) is 18.1 Å². The van der Waals surface area contributed by atoms with Crippen molar-refractivity contribution in [3.63, 3.8) is 0 Å². The molecular weight excluding hydrogens is 404 g/mol. The van der Waals surface area contributed by atoms with E-state index in [1.807, 2.05) is 66.7 Å². The number of carbonyl (C=O) groups excluding carboxylic acids is 2. The minimum absolute atomic E-state index is 0.0121. The molecule has 6 nitrogen and oxygen atoms in total. The Hall–Kier alpha value is -3.80. The Labute approximate surface area is 188 Å². The summed E-state index contributed by atoms with van der Waals surface area (Å²) in [5.74, 6) is 1.02. The van der Waals surface area contributed by atoms with Gasteiger partial charge in [-0.1, -0.05) is 54.6 Å². The third kappa shape index (κ3) is 4.91. The van der Waals surface area contributed by atoms with Gasteiger partial charge in [-0.25, -0.2) is 0 Å². The first-order valence-corrected chi connectivity index (χ1v) is 10.6. The van der Waals surface area contributed by atoms with Crippen LogP contribution in [-0.2, 0) is 4.79 Å². The molecule has 0 spiro atoms. The van der Waals surface area contributed by atoms with Crippen LogP contribution in [-0.4, -0.2) is 61.5 Å². The van der Waals surface area contributed by atoms with E-state index in [1.165, 1.54) is 0 Å². The zero-order chi connectivity index (χ0) is 22.3. The number of carbonyl (C=O) groups is 2. The maximum absolute atomic E-state index is 12.9. The molecule has 1 saturated heterocycles. The van der Waals surface area contributed by atoms with E-state index in [4.69, 9.17) is 9.47 Å². The van der Waals surface area contributed by atoms with Crippen LogP contribution < -0.4 is 9.47 Å². The number of ether oxygens (including phenoxy) is 2. The van der Waals surface area contributed by atoms with Crippen molar-refractivity contribution >= 4 is 11.8 Å². The highest BCUT2D eigenvalue weighted by Crippen LogP contribution is 2.26. The molecule has 1 fully saturated rings. The number of rotatable bonds is 6. The first kappa shape index (κ1) is 21.4. The molecule has 32 heavy (non-hydrogen) atoms. The fourth-order valence-electron chi connectivity index (χ4n) is 3.75. The van der Waals surface area contributed by atoms with Crippen molar-refractivity contribution < 1.29 is 19.1 Å². The number of benzene rings is 3. The van der Waals surface area contributed by atoms with Gasteiger partial charge in [-0.05, 0) is 35.4 Å². The van der Waals surface area contributed by atoms with E-state index >= 15 is 0 Å². The number of hydrogen-bond acceptors (Lipinski definition) is 4. The fourth-order valence-corrected chi connectivity index (χ4v) is 3.75. The second kappa shape index (κ2) is 10.0. The van der Waals surface area contributed by atoms with Crippen LogP contribution >= 0.6 is 0 Å². The molecule has 0 atom stereocenters. The van der Waals surface area contributed by atoms with Crippen LogP contribution in [0.4, 0.5) is 0 Å². The summed E-state index contributed by atoms with van der Waals surface area (Å²) >= 11 is 0. The lowest BCUT2D eigenvalue weighted by atomic mass is 10.0. The summed E-state index contributed by atoms with van der Waals surface area (Å²) in [6.07, 6.45) is 0. The molecule has 0 saturated carbocycles. The summed E-state index contributed by atoms with van der Waals surface area (Å²) in [5, 5.41) is 0. The predicted molar refractivity (Wildman–Crippen MR) is 123 cm³/mol. The first-order valence-electron chi connectivity index (χ1n) is 10.6. The maximum atomic E-state index is 12.9. The number of nitrogens with zero attached hydrogens (tertiary/aromatic N) is 2. The van der Waals surface area contributed by atoms with Crippen molar-refractivity contribution in [2.45, 2.75) is 0 Å². The lowest BCUT2D eigenvalue weighted by Crippen LogP contribution is -2.51. The van der Waals surface area contributed by atoms with E-state index in [9.17, 15) is 9.59 Å². The highest BCUT2D eigenvalue weighted by Gasteiger charge is 2.25. The van der Waals surface area contributed by atoms with Crippen LogP contribution in [0.15, 0.2) is 78.9 Å². The molecule has 0 radical (unpaired) electrons. The number of methoxy groups -OCH3 is 1. The summed E-state index contributed by atoms with van der Waals surface area (Å²) in [5.41, 5.74) is 2.85. The maximum Gasteiger partial charge on any atom is 0.260 e. The van der Waals surface area contributed by atoms with Gasteiger partial charge in [0.2, 0.25) is 0 Å². The van der Waals surface area contributed by atoms with Crippen LogP contribution in [0, 0.1) is 0 Å². The molecule has 0 unspecified atom stereocenters. The Morgan fingerprint density at radius 2 is 1.28 bits per heavy atom. The third-order valence-electron chi connectivity index (χ3n) is 5.58. The Kier molecular flexibility index (Phi) is 6.70. The molecule has 1 aliphatic heterocycles. The smallest absolute Gasteiger partial charge is 0.260 e. The lowest BCUT2D eigenvalue weighted by molar-refractivity contribution is -0.134. The monoisotopic (exact) mass is 430 g/mol. The summed E-state index contributed by atoms with van der Waals surface area (Å²) in [6, 6.07) is 25.0. The molecule has 0 aromatic heterocycles. The first-order chi connectivity index (χ1) is 15.7. The Bertz CT molecular complexity index is 1060. The largest absolute Gasteiger partial charge is 0.493 e. The molecule has 2 amide bonds. The summed E-state index contributed by atoms with van der Waals surface area (Å²) in [4.78, 5) is 29.0. The molecule has 164 valence electrons. The van der Waals surface area contributed by atoms with Crippen LogP contribution in [0.1, 0.15) is 10.4 Å². The molecule has 0 bridgehead atoms. The van der Waals surface area contributed by atoms with E-state index in [-0.39, 0.29) is 18.4 Å². The minimum atomic E-state index is -0.102. The van der Waals surface area contributed by atoms with Gasteiger partial charge in [0.25, 0.3) is 11.8 Å². The minimum Gasteiger partial charge on any atom is -0.493 e. The van der Waals surface area contributed by atoms with Gasteiger partial charge in [-0.2, -0.15) is 0 Å². The van der Waals surface area contributed by atoms with Crippen molar-refractivity contribution in [1.29, 1.82) is 0 Å². The standard InChI is InChI=1S/C26H26N2O4/c1-31-23-9-5-6-10-24(23)32-19-25(29)27-15-17-28(18-16-27)26(30)22-13-11-21(12-14-22)20-7-3-2-4-8-20/h2-14H,15-19H2,1H3. The van der Waals surface area contributed by atoms with Gasteiger partial charge in [-0.15, -0.1) is 0 Å². The number of hydrogen-bond donors (Lipinski definition) is 0. The molecule has 0 aliphatic carbocycles. The van der Waals surface area contributed by atoms with Crippen molar-refractivity contribution in [3.8, 4) is 22.6 Å². The van der Waals surface area contributed by atoms with Gasteiger partial charge >= 0.3 is 0 Å². The van der Waals surface area contributed by atoms with Crippen LogP contribution in [0.2, 0.25) is 0 Å². The SMILES string of the molecule is COc1ccccc1OCC(=O)N1CCN(C(=O)c2ccc(-c3ccccc3)cc2)CC1. The van der Waals surface area contributed by atoms with Gasteiger partial charge in [0.1, 0.15) is 0 Å². The zero-order valence-corrected chi connectivity index (χ0v) is 18.1. The van der Waals surface area contributed by atoms with Crippen molar-refractivity contribution in [2.75, 3.05) is 39.9 Å². The molecule has 3 aromatic rings. The van der Waals surface area contributed by atoms with Gasteiger partial charge < -0.3 is 19.3 Å². The van der Waals surface area contributed by atoms with Crippen molar-refractivity contribution in [3.05, 3.63) is 84.4 Å². The lowest BCUT2D eigenvalue weighted by Gasteiger charge is -2.34. The molecule has 1 heterocycles. The normalized spacial score (nSPS) is 13.5. The zero-order valence-electron chi connectivity index (χ0n) is 18.1. The molecule has 6 heteroatoms. The molecule has 0 N–H and O–H groups in total. The van der Waals surface area contributed by atoms with Crippen LogP contribution in [0.3, 0.4) is 0 Å². The fraction of sp³-hybridized carbons (Fsp3) is 0.231. The summed E-state index contributed by atoms with van der Waals surface area (Å²) in [6.45, 7) is 1.92. The Morgan fingerprint density at radius 1 is 0.719 bits per heavy atom. The topological polar surface area (TPSA) is 59.1 Å². The highest BCUT2D eigenvalue weighted by atomic mass is 16.5. The van der Waals surface area contributed by atoms with E-state index in [1.54, 1.807) is 29.0 Å². The predicted octanol–water partition coefficient (Wildman–Crippen LogP) is 3.73. The van der Waals surface area contributed by atoms with Crippen LogP contribution in [0.5, 0.6) is 11.5 Å². The second-order valence-corrected chi connectivity index (χ2v) is 7.56. The highest BCUT2D eigenvalue weighted by molar-refractivity contribution is 5.95. The van der Waals surface area contributed by atoms with Gasteiger partial charge in [0.05, 0.1) is 7.11 Å². The number of piperazine rings is 1. The molecule has 1 aliphatic rings. The molecule has 4 rings (SSSR count). The average Bonchev–Trinajstić information content (AvgIpc) is 2.87. The van der Waals surface area contributed by atoms with Crippen molar-refractivity contribution in [1.82, 2.24) is 9.80 Å². The van der Waals surface area contributed by atoms with Crippen LogP contribution in [0.25, 0.3) is 11.1 Å². The van der Waals surface area contributed by atoms with E-state index < -0.39 is 0 Å². The number of para-hydroxylation sites is 2. The summed E-state index contributed by atoms with van der Waals surface area (Å²) < 4.78 is 10.9. The molecular formula is C26H26N2O4. The summed E-state index contributed by atoms with van der Waals surface area (Å²) in [7, 11) is 1.56. The van der Waals surface area contributed by atoms with E-state index in [0.717, 1.165) is 11.1 Å². The Morgan fingerprint density at radius 3 is 1.94 bits per heavy atom. The third-order valence-corrected chi connectivity index (χ3v) is 5.58. The van der Waals surface area contributed by atoms with E-state index in [0.29, 0.717) is 43.2 Å². The quantitative estimate of drug-likeness (QED) is 0.598. The second-order valence-electron chi connectivity index (χ2n) is 7.56. The molecule has 3 aromatic carbocycles. The van der Waals surface area contributed by atoms with E-state index in [2.05, 4.69) is 0 Å². The number of amides is 2. The van der Waals surface area contributed by atoms with Crippen molar-refractivity contribution in [2.24, 2.45) is 0 Å².